The minimum atomic E-state index is -0.405. The Balaban J connectivity index is 2.39. The predicted molar refractivity (Wildman–Crippen MR) is 82.1 cm³/mol. The lowest BCUT2D eigenvalue weighted by Crippen LogP contribution is -2.05. The number of esters is 1. The zero-order valence-corrected chi connectivity index (χ0v) is 12.2. The van der Waals surface area contributed by atoms with E-state index in [2.05, 4.69) is 0 Å². The zero-order valence-electron chi connectivity index (χ0n) is 11.4. The van der Waals surface area contributed by atoms with Crippen molar-refractivity contribution in [2.45, 2.75) is 6.92 Å². The van der Waals surface area contributed by atoms with Gasteiger partial charge in [-0.05, 0) is 30.5 Å². The van der Waals surface area contributed by atoms with E-state index in [0.29, 0.717) is 28.9 Å². The molecule has 0 N–H and O–H groups in total. The Hall–Kier alpha value is -2.40. The summed E-state index contributed by atoms with van der Waals surface area (Å²) in [6.45, 7) is 2.06. The molecule has 0 atom stereocenters. The number of carbonyl (C=O) groups excluding carboxylic acids is 2. The molecular weight excluding hydrogens is 286 g/mol. The fourth-order valence-corrected chi connectivity index (χ4v) is 3.21. The average molecular weight is 299 g/mol. The first-order valence-electron chi connectivity index (χ1n) is 6.57. The van der Waals surface area contributed by atoms with Crippen LogP contribution in [0.3, 0.4) is 0 Å². The summed E-state index contributed by atoms with van der Waals surface area (Å²) < 4.78 is 6.90. The third kappa shape index (κ3) is 2.15. The van der Waals surface area contributed by atoms with Crippen LogP contribution in [-0.2, 0) is 4.74 Å². The number of pyridine rings is 1. The van der Waals surface area contributed by atoms with Crippen molar-refractivity contribution in [2.24, 2.45) is 0 Å². The van der Waals surface area contributed by atoms with Gasteiger partial charge in [0.1, 0.15) is 0 Å². The maximum atomic E-state index is 12.4. The number of fused-ring (bicyclic) bond motifs is 1. The molecule has 0 saturated carbocycles. The summed E-state index contributed by atoms with van der Waals surface area (Å²) >= 11 is 1.49. The standard InChI is InChI=1S/C16H13NO3S/c1-2-20-16(19)15-11-6-3-4-8-17(11)12(10-18)14(15)13-7-5-9-21-13/h3-10H,2H2,1H3. The van der Waals surface area contributed by atoms with Gasteiger partial charge in [0.25, 0.3) is 0 Å². The van der Waals surface area contributed by atoms with Gasteiger partial charge in [0.2, 0.25) is 0 Å². The van der Waals surface area contributed by atoms with Crippen molar-refractivity contribution in [1.29, 1.82) is 0 Å². The number of aromatic nitrogens is 1. The summed E-state index contributed by atoms with van der Waals surface area (Å²) in [6.07, 6.45) is 2.56. The Bertz CT molecular complexity index is 802. The van der Waals surface area contributed by atoms with E-state index in [0.717, 1.165) is 11.2 Å². The number of carbonyl (C=O) groups is 2. The molecule has 0 amide bonds. The molecule has 0 aromatic carbocycles. The number of hydrogen-bond donors (Lipinski definition) is 0. The van der Waals surface area contributed by atoms with Crippen LogP contribution >= 0.6 is 11.3 Å². The van der Waals surface area contributed by atoms with Gasteiger partial charge in [0.05, 0.1) is 23.4 Å². The van der Waals surface area contributed by atoms with E-state index in [1.165, 1.54) is 11.3 Å². The minimum Gasteiger partial charge on any atom is -0.462 e. The smallest absolute Gasteiger partial charge is 0.341 e. The van der Waals surface area contributed by atoms with E-state index in [1.54, 1.807) is 17.5 Å². The highest BCUT2D eigenvalue weighted by atomic mass is 32.1. The molecule has 0 saturated heterocycles. The highest BCUT2D eigenvalue weighted by Gasteiger charge is 2.25. The molecule has 106 valence electrons. The van der Waals surface area contributed by atoms with Gasteiger partial charge in [-0.15, -0.1) is 11.3 Å². The topological polar surface area (TPSA) is 47.8 Å². The van der Waals surface area contributed by atoms with Crippen LogP contribution in [0, 0.1) is 0 Å². The van der Waals surface area contributed by atoms with Crippen LogP contribution in [0.1, 0.15) is 27.8 Å². The number of nitrogens with zero attached hydrogens (tertiary/aromatic N) is 1. The molecule has 0 unspecified atom stereocenters. The van der Waals surface area contributed by atoms with Crippen LogP contribution in [0.25, 0.3) is 16.0 Å². The van der Waals surface area contributed by atoms with Crippen molar-refractivity contribution in [2.75, 3.05) is 6.61 Å². The summed E-state index contributed by atoms with van der Waals surface area (Å²) in [4.78, 5) is 24.8. The predicted octanol–water partition coefficient (Wildman–Crippen LogP) is 3.66. The van der Waals surface area contributed by atoms with Crippen LogP contribution in [-0.4, -0.2) is 23.3 Å². The fraction of sp³-hybridized carbons (Fsp3) is 0.125. The molecule has 3 aromatic heterocycles. The molecule has 3 rings (SSSR count). The van der Waals surface area contributed by atoms with Crippen LogP contribution in [0.2, 0.25) is 0 Å². The molecule has 0 aliphatic heterocycles. The number of hydrogen-bond acceptors (Lipinski definition) is 4. The average Bonchev–Trinajstić information content (AvgIpc) is 3.12. The minimum absolute atomic E-state index is 0.295. The maximum absolute atomic E-state index is 12.4. The van der Waals surface area contributed by atoms with Crippen molar-refractivity contribution < 1.29 is 14.3 Å². The quantitative estimate of drug-likeness (QED) is 0.545. The summed E-state index contributed by atoms with van der Waals surface area (Å²) in [5.41, 5.74) is 2.24. The second-order valence-corrected chi connectivity index (χ2v) is 5.35. The Morgan fingerprint density at radius 1 is 1.33 bits per heavy atom. The lowest BCUT2D eigenvalue weighted by molar-refractivity contribution is 0.0529. The summed E-state index contributed by atoms with van der Waals surface area (Å²) in [5, 5.41) is 1.92. The van der Waals surface area contributed by atoms with Gasteiger partial charge in [-0.2, -0.15) is 0 Å². The third-order valence-electron chi connectivity index (χ3n) is 3.24. The monoisotopic (exact) mass is 299 g/mol. The lowest BCUT2D eigenvalue weighted by atomic mass is 10.1. The van der Waals surface area contributed by atoms with Crippen molar-refractivity contribution in [1.82, 2.24) is 4.40 Å². The Kier molecular flexibility index (Phi) is 3.58. The number of aldehydes is 1. The molecule has 0 radical (unpaired) electrons. The molecule has 0 bridgehead atoms. The van der Waals surface area contributed by atoms with Gasteiger partial charge in [0.15, 0.2) is 6.29 Å². The normalized spacial score (nSPS) is 10.7. The molecule has 0 aliphatic carbocycles. The molecule has 4 nitrogen and oxygen atoms in total. The first-order chi connectivity index (χ1) is 10.3. The van der Waals surface area contributed by atoms with Crippen molar-refractivity contribution >= 4 is 29.1 Å². The molecule has 5 heteroatoms. The molecule has 0 spiro atoms. The molecule has 3 aromatic rings. The van der Waals surface area contributed by atoms with E-state index < -0.39 is 5.97 Å². The summed E-state index contributed by atoms with van der Waals surface area (Å²) in [6, 6.07) is 9.27. The van der Waals surface area contributed by atoms with E-state index >= 15 is 0 Å². The fourth-order valence-electron chi connectivity index (χ4n) is 2.43. The van der Waals surface area contributed by atoms with Crippen LogP contribution in [0.5, 0.6) is 0 Å². The van der Waals surface area contributed by atoms with E-state index in [9.17, 15) is 9.59 Å². The van der Waals surface area contributed by atoms with E-state index in [1.807, 2.05) is 35.7 Å². The van der Waals surface area contributed by atoms with Crippen LogP contribution < -0.4 is 0 Å². The van der Waals surface area contributed by atoms with Gasteiger partial charge in [0, 0.05) is 16.6 Å². The Morgan fingerprint density at radius 2 is 2.19 bits per heavy atom. The highest BCUT2D eigenvalue weighted by molar-refractivity contribution is 7.13. The Morgan fingerprint density at radius 3 is 2.86 bits per heavy atom. The SMILES string of the molecule is CCOC(=O)c1c(-c2cccs2)c(C=O)n2ccccc12. The van der Waals surface area contributed by atoms with Gasteiger partial charge in [-0.3, -0.25) is 4.79 Å². The first kappa shape index (κ1) is 13.6. The van der Waals surface area contributed by atoms with Crippen molar-refractivity contribution in [3.05, 3.63) is 53.2 Å². The summed E-state index contributed by atoms with van der Waals surface area (Å²) in [7, 11) is 0. The maximum Gasteiger partial charge on any atom is 0.341 e. The van der Waals surface area contributed by atoms with Gasteiger partial charge in [-0.25, -0.2) is 4.79 Å². The van der Waals surface area contributed by atoms with Crippen molar-refractivity contribution in [3.8, 4) is 10.4 Å². The lowest BCUT2D eigenvalue weighted by Gasteiger charge is -2.03. The highest BCUT2D eigenvalue weighted by Crippen LogP contribution is 2.35. The second kappa shape index (κ2) is 5.54. The second-order valence-electron chi connectivity index (χ2n) is 4.41. The molecular formula is C16H13NO3S. The van der Waals surface area contributed by atoms with Crippen LogP contribution in [0.15, 0.2) is 41.9 Å². The molecule has 3 heterocycles. The van der Waals surface area contributed by atoms with Crippen LogP contribution in [0.4, 0.5) is 0 Å². The zero-order chi connectivity index (χ0) is 14.8. The molecule has 0 fully saturated rings. The van der Waals surface area contributed by atoms with Crippen molar-refractivity contribution in [3.63, 3.8) is 0 Å². The number of rotatable bonds is 4. The van der Waals surface area contributed by atoms with E-state index in [4.69, 9.17) is 4.74 Å². The van der Waals surface area contributed by atoms with E-state index in [-0.39, 0.29) is 0 Å². The largest absolute Gasteiger partial charge is 0.462 e. The third-order valence-corrected chi connectivity index (χ3v) is 4.13. The first-order valence-corrected chi connectivity index (χ1v) is 7.45. The number of ether oxygens (including phenoxy) is 1. The van der Waals surface area contributed by atoms with Gasteiger partial charge >= 0.3 is 5.97 Å². The molecule has 21 heavy (non-hydrogen) atoms. The van der Waals surface area contributed by atoms with Gasteiger partial charge in [-0.1, -0.05) is 12.1 Å². The Labute approximate surface area is 125 Å². The number of thiophene rings is 1. The van der Waals surface area contributed by atoms with Gasteiger partial charge < -0.3 is 9.14 Å². The summed E-state index contributed by atoms with van der Waals surface area (Å²) in [5.74, 6) is -0.405. The molecule has 0 aliphatic rings.